The second-order valence-electron chi connectivity index (χ2n) is 17.1. The smallest absolute Gasteiger partial charge is 0.331 e. The van der Waals surface area contributed by atoms with Gasteiger partial charge in [0.25, 0.3) is 0 Å². The van der Waals surface area contributed by atoms with E-state index in [2.05, 4.69) is 13.8 Å². The number of esters is 2. The summed E-state index contributed by atoms with van der Waals surface area (Å²) in [6.45, 7) is 7.35. The molecule has 0 radical (unpaired) electrons. The number of carbonyl (C=O) groups is 2. The Morgan fingerprint density at radius 3 is 2.40 bits per heavy atom. The molecule has 14 heteroatoms. The van der Waals surface area contributed by atoms with Crippen LogP contribution in [0, 0.1) is 34.5 Å². The molecule has 5 N–H and O–H groups in total. The van der Waals surface area contributed by atoms with E-state index in [0.29, 0.717) is 24.7 Å². The molecule has 4 saturated carbocycles. The fraction of sp³-hybridized carbons (Fsp3) is 0.895. The summed E-state index contributed by atoms with van der Waals surface area (Å²) in [7, 11) is 1.57. The summed E-state index contributed by atoms with van der Waals surface area (Å²) in [4.78, 5) is 24.4. The maximum Gasteiger partial charge on any atom is 0.331 e. The maximum absolute atomic E-state index is 12.8. The predicted octanol–water partition coefficient (Wildman–Crippen LogP) is 1.51. The Bertz CT molecular complexity index is 1370. The molecule has 0 aromatic rings. The van der Waals surface area contributed by atoms with Gasteiger partial charge in [0, 0.05) is 44.3 Å². The molecular formula is C38H58O14. The summed E-state index contributed by atoms with van der Waals surface area (Å²) < 4.78 is 41.6. The number of aliphatic hydroxyl groups excluding tert-OH is 4. The van der Waals surface area contributed by atoms with Crippen LogP contribution in [0.2, 0.25) is 0 Å². The average Bonchev–Trinajstić information content (AvgIpc) is 3.61. The van der Waals surface area contributed by atoms with Crippen LogP contribution in [0.1, 0.15) is 85.5 Å². The lowest BCUT2D eigenvalue weighted by molar-refractivity contribution is -0.345. The standard InChI is InChI=1S/C38H58O14/c1-18-34(52-35-33(44)32(43)31(42)27(16-39)51-35)25(46-5)14-29(48-18)50-22-8-10-36(3)21(13-22)6-7-24-23(36)9-11-37(4)30(20-12-28(41)47-17-20)26(49-19(2)40)15-38(24,37)45/h12,18,21-27,29-35,39,42-45H,6-11,13-17H2,1-5H3/t18-,21+,22+,23-,24-,25-,26+,27+,29+,30-,31+,32-,33+,34-,35-,36-,37+,38-/m1/s1. The molecular weight excluding hydrogens is 680 g/mol. The van der Waals surface area contributed by atoms with Crippen molar-refractivity contribution in [2.75, 3.05) is 20.3 Å². The van der Waals surface area contributed by atoms with E-state index in [1.54, 1.807) is 7.11 Å². The number of ether oxygens (including phenoxy) is 7. The van der Waals surface area contributed by atoms with Gasteiger partial charge >= 0.3 is 11.9 Å². The van der Waals surface area contributed by atoms with Gasteiger partial charge < -0.3 is 58.7 Å². The minimum Gasteiger partial charge on any atom is -0.462 e. The molecule has 18 atom stereocenters. The quantitative estimate of drug-likeness (QED) is 0.177. The first kappa shape index (κ1) is 38.6. The van der Waals surface area contributed by atoms with Crippen LogP contribution in [-0.2, 0) is 42.7 Å². The van der Waals surface area contributed by atoms with E-state index >= 15 is 0 Å². The minimum absolute atomic E-state index is 0.000668. The molecule has 294 valence electrons. The molecule has 0 amide bonds. The van der Waals surface area contributed by atoms with Crippen LogP contribution in [0.3, 0.4) is 0 Å². The first-order chi connectivity index (χ1) is 24.6. The SMILES string of the molecule is CO[C@@H]1C[C@H](O[C@H]2CC[C@]3(C)[C@@H](CC[C@@H]4[C@H]3CC[C@@]3(C)[C@H](C5=CC(=O)OC5)[C@@H](OC(C)=O)C[C@@]43O)C2)O[C@H](C)[C@H]1O[C@H]1O[C@@H](CO)[C@H](O)[C@@H](O)[C@@H]1O. The predicted molar refractivity (Wildman–Crippen MR) is 180 cm³/mol. The molecule has 0 aromatic heterocycles. The number of fused-ring (bicyclic) bond motifs is 5. The molecule has 7 aliphatic rings. The number of hydrogen-bond donors (Lipinski definition) is 5. The van der Waals surface area contributed by atoms with E-state index < -0.39 is 79.0 Å². The molecule has 0 unspecified atom stereocenters. The molecule has 4 aliphatic carbocycles. The maximum atomic E-state index is 12.8. The third kappa shape index (κ3) is 6.36. The number of carbonyl (C=O) groups excluding carboxylic acids is 2. The molecule has 0 bridgehead atoms. The van der Waals surface area contributed by atoms with E-state index in [0.717, 1.165) is 50.5 Å². The van der Waals surface area contributed by atoms with Gasteiger partial charge in [-0.2, -0.15) is 0 Å². The Balaban J connectivity index is 0.999. The van der Waals surface area contributed by atoms with Gasteiger partial charge in [0.15, 0.2) is 12.6 Å². The van der Waals surface area contributed by atoms with Gasteiger partial charge in [0.1, 0.15) is 43.2 Å². The van der Waals surface area contributed by atoms with E-state index in [1.165, 1.54) is 13.0 Å². The lowest BCUT2D eigenvalue weighted by Crippen LogP contribution is -2.62. The van der Waals surface area contributed by atoms with Crippen LogP contribution in [-0.4, -0.2) is 131 Å². The Kier molecular flexibility index (Phi) is 10.7. The highest BCUT2D eigenvalue weighted by molar-refractivity contribution is 5.85. The van der Waals surface area contributed by atoms with Gasteiger partial charge in [-0.15, -0.1) is 0 Å². The zero-order chi connectivity index (χ0) is 37.3. The lowest BCUT2D eigenvalue weighted by atomic mass is 9.43. The Labute approximate surface area is 305 Å². The molecule has 3 aliphatic heterocycles. The Morgan fingerprint density at radius 2 is 1.73 bits per heavy atom. The molecule has 52 heavy (non-hydrogen) atoms. The zero-order valence-corrected chi connectivity index (χ0v) is 30.9. The van der Waals surface area contributed by atoms with Gasteiger partial charge in [-0.3, -0.25) is 4.79 Å². The number of rotatable bonds is 8. The highest BCUT2D eigenvalue weighted by Crippen LogP contribution is 2.70. The van der Waals surface area contributed by atoms with Gasteiger partial charge in [-0.25, -0.2) is 4.79 Å². The normalized spacial score (nSPS) is 51.8. The molecule has 14 nitrogen and oxygen atoms in total. The van der Waals surface area contributed by atoms with Crippen LogP contribution >= 0.6 is 0 Å². The third-order valence-electron chi connectivity index (χ3n) is 14.6. The molecule has 0 aromatic carbocycles. The summed E-state index contributed by atoms with van der Waals surface area (Å²) >= 11 is 0. The Morgan fingerprint density at radius 1 is 0.962 bits per heavy atom. The van der Waals surface area contributed by atoms with Gasteiger partial charge in [0.05, 0.1) is 30.5 Å². The number of hydrogen-bond acceptors (Lipinski definition) is 14. The Hall–Kier alpha value is -1.72. The molecule has 0 spiro atoms. The van der Waals surface area contributed by atoms with E-state index in [4.69, 9.17) is 33.2 Å². The van der Waals surface area contributed by atoms with Crippen molar-refractivity contribution in [3.8, 4) is 0 Å². The highest BCUT2D eigenvalue weighted by Gasteiger charge is 2.71. The van der Waals surface area contributed by atoms with Crippen LogP contribution < -0.4 is 0 Å². The van der Waals surface area contributed by atoms with Crippen molar-refractivity contribution in [2.24, 2.45) is 34.5 Å². The molecule has 6 fully saturated rings. The van der Waals surface area contributed by atoms with E-state index in [1.807, 2.05) is 6.92 Å². The first-order valence-electron chi connectivity index (χ1n) is 19.2. The van der Waals surface area contributed by atoms with Gasteiger partial charge in [0.2, 0.25) is 0 Å². The van der Waals surface area contributed by atoms with E-state index in [9.17, 15) is 35.1 Å². The van der Waals surface area contributed by atoms with Crippen molar-refractivity contribution in [1.29, 1.82) is 0 Å². The highest BCUT2D eigenvalue weighted by atomic mass is 16.7. The van der Waals surface area contributed by atoms with Crippen molar-refractivity contribution in [3.63, 3.8) is 0 Å². The molecule has 7 rings (SSSR count). The summed E-state index contributed by atoms with van der Waals surface area (Å²) in [6.07, 6.45) is -1.29. The second-order valence-corrected chi connectivity index (χ2v) is 17.1. The lowest BCUT2D eigenvalue weighted by Gasteiger charge is -2.63. The third-order valence-corrected chi connectivity index (χ3v) is 14.6. The summed E-state index contributed by atoms with van der Waals surface area (Å²) in [6, 6.07) is 0. The summed E-state index contributed by atoms with van der Waals surface area (Å²) in [5.41, 5.74) is -0.799. The average molecular weight is 739 g/mol. The van der Waals surface area contributed by atoms with Crippen molar-refractivity contribution in [1.82, 2.24) is 0 Å². The van der Waals surface area contributed by atoms with Crippen LogP contribution in [0.25, 0.3) is 0 Å². The second kappa shape index (κ2) is 14.4. The van der Waals surface area contributed by atoms with Crippen molar-refractivity contribution in [2.45, 2.75) is 159 Å². The summed E-state index contributed by atoms with van der Waals surface area (Å²) in [5, 5.41) is 53.3. The molecule has 2 saturated heterocycles. The van der Waals surface area contributed by atoms with Crippen LogP contribution in [0.5, 0.6) is 0 Å². The fourth-order valence-electron chi connectivity index (χ4n) is 11.9. The largest absolute Gasteiger partial charge is 0.462 e. The van der Waals surface area contributed by atoms with Crippen LogP contribution in [0.4, 0.5) is 0 Å². The van der Waals surface area contributed by atoms with Crippen molar-refractivity contribution in [3.05, 3.63) is 11.6 Å². The molecule has 3 heterocycles. The zero-order valence-electron chi connectivity index (χ0n) is 30.9. The van der Waals surface area contributed by atoms with Crippen LogP contribution in [0.15, 0.2) is 11.6 Å². The number of cyclic esters (lactones) is 1. The number of aliphatic hydroxyl groups is 5. The minimum atomic E-state index is -1.55. The van der Waals surface area contributed by atoms with Crippen molar-refractivity contribution < 1.29 is 68.3 Å². The van der Waals surface area contributed by atoms with Gasteiger partial charge in [-0.1, -0.05) is 13.8 Å². The van der Waals surface area contributed by atoms with Gasteiger partial charge in [-0.05, 0) is 80.6 Å². The summed E-state index contributed by atoms with van der Waals surface area (Å²) in [5.74, 6) is -0.323. The topological polar surface area (TPSA) is 200 Å². The van der Waals surface area contributed by atoms with E-state index in [-0.39, 0.29) is 41.9 Å². The first-order valence-corrected chi connectivity index (χ1v) is 19.2. The monoisotopic (exact) mass is 738 g/mol. The fourth-order valence-corrected chi connectivity index (χ4v) is 11.9. The van der Waals surface area contributed by atoms with Crippen molar-refractivity contribution >= 4 is 11.9 Å². The number of methoxy groups -OCH3 is 1.